The van der Waals surface area contributed by atoms with Crippen molar-refractivity contribution < 1.29 is 9.18 Å². The molecule has 0 aliphatic carbocycles. The molecule has 2 aromatic carbocycles. The Labute approximate surface area is 155 Å². The number of aromatic nitrogens is 2. The molecular formula is C20H19FN4O2. The first-order valence-electron chi connectivity index (χ1n) is 8.85. The monoisotopic (exact) mass is 366 g/mol. The van der Waals surface area contributed by atoms with Crippen LogP contribution in [0.15, 0.2) is 59.5 Å². The van der Waals surface area contributed by atoms with Crippen LogP contribution in [-0.4, -0.2) is 46.8 Å². The van der Waals surface area contributed by atoms with Crippen LogP contribution in [0.4, 0.5) is 10.1 Å². The first-order chi connectivity index (χ1) is 13.1. The summed E-state index contributed by atoms with van der Waals surface area (Å²) >= 11 is 0. The number of halogens is 1. The van der Waals surface area contributed by atoms with Gasteiger partial charge in [-0.05, 0) is 30.3 Å². The van der Waals surface area contributed by atoms with Crippen LogP contribution < -0.4 is 10.5 Å². The topological polar surface area (TPSA) is 58.4 Å². The average Bonchev–Trinajstić information content (AvgIpc) is 2.71. The minimum absolute atomic E-state index is 0.0692. The van der Waals surface area contributed by atoms with Gasteiger partial charge in [0.2, 0.25) is 5.91 Å². The number of anilines is 1. The van der Waals surface area contributed by atoms with E-state index in [1.54, 1.807) is 35.4 Å². The third kappa shape index (κ3) is 3.53. The molecule has 0 radical (unpaired) electrons. The number of benzene rings is 2. The van der Waals surface area contributed by atoms with E-state index in [-0.39, 0.29) is 23.8 Å². The van der Waals surface area contributed by atoms with Crippen molar-refractivity contribution in [1.29, 1.82) is 0 Å². The van der Waals surface area contributed by atoms with Crippen LogP contribution >= 0.6 is 0 Å². The molecule has 0 saturated carbocycles. The van der Waals surface area contributed by atoms with E-state index in [0.29, 0.717) is 31.6 Å². The Hall–Kier alpha value is -3.22. The van der Waals surface area contributed by atoms with Gasteiger partial charge in [0.15, 0.2) is 0 Å². The number of amides is 1. The van der Waals surface area contributed by atoms with Gasteiger partial charge in [-0.3, -0.25) is 9.59 Å². The van der Waals surface area contributed by atoms with Crippen LogP contribution in [0.1, 0.15) is 0 Å². The zero-order valence-electron chi connectivity index (χ0n) is 14.7. The molecular weight excluding hydrogens is 347 g/mol. The molecule has 6 nitrogen and oxygen atoms in total. The Balaban J connectivity index is 1.42. The van der Waals surface area contributed by atoms with Crippen LogP contribution in [-0.2, 0) is 11.3 Å². The molecule has 0 unspecified atom stereocenters. The van der Waals surface area contributed by atoms with Gasteiger partial charge in [0.1, 0.15) is 12.4 Å². The minimum atomic E-state index is -0.263. The SMILES string of the molecule is O=C(Cn1ncc2ccccc2c1=O)N1CCN(c2ccc(F)cc2)CC1. The molecule has 0 bridgehead atoms. The summed E-state index contributed by atoms with van der Waals surface area (Å²) in [5, 5.41) is 5.44. The lowest BCUT2D eigenvalue weighted by Gasteiger charge is -2.36. The maximum Gasteiger partial charge on any atom is 0.275 e. The molecule has 138 valence electrons. The van der Waals surface area contributed by atoms with E-state index in [1.165, 1.54) is 16.8 Å². The third-order valence-corrected chi connectivity index (χ3v) is 4.87. The lowest BCUT2D eigenvalue weighted by atomic mass is 10.2. The molecule has 0 N–H and O–H groups in total. The summed E-state index contributed by atoms with van der Waals surface area (Å²) in [5.74, 6) is -0.389. The highest BCUT2D eigenvalue weighted by molar-refractivity contribution is 5.81. The maximum atomic E-state index is 13.1. The van der Waals surface area contributed by atoms with Gasteiger partial charge in [-0.1, -0.05) is 18.2 Å². The van der Waals surface area contributed by atoms with E-state index >= 15 is 0 Å². The molecule has 0 atom stereocenters. The van der Waals surface area contributed by atoms with Crippen molar-refractivity contribution in [3.8, 4) is 0 Å². The second-order valence-electron chi connectivity index (χ2n) is 6.54. The molecule has 1 aliphatic heterocycles. The molecule has 27 heavy (non-hydrogen) atoms. The summed E-state index contributed by atoms with van der Waals surface area (Å²) in [6, 6.07) is 13.6. The van der Waals surface area contributed by atoms with Gasteiger partial charge in [0, 0.05) is 37.3 Å². The van der Waals surface area contributed by atoms with Crippen LogP contribution in [0, 0.1) is 5.82 Å². The van der Waals surface area contributed by atoms with Crippen molar-refractivity contribution in [2.75, 3.05) is 31.1 Å². The van der Waals surface area contributed by atoms with E-state index in [4.69, 9.17) is 0 Å². The summed E-state index contributed by atoms with van der Waals surface area (Å²) in [4.78, 5) is 29.0. The van der Waals surface area contributed by atoms with Gasteiger partial charge in [-0.25, -0.2) is 9.07 Å². The number of hydrogen-bond donors (Lipinski definition) is 0. The molecule has 4 rings (SSSR count). The zero-order chi connectivity index (χ0) is 18.8. The van der Waals surface area contributed by atoms with E-state index in [2.05, 4.69) is 10.00 Å². The van der Waals surface area contributed by atoms with Crippen molar-refractivity contribution in [2.24, 2.45) is 0 Å². The maximum absolute atomic E-state index is 13.1. The Bertz CT molecular complexity index is 1020. The van der Waals surface area contributed by atoms with Crippen LogP contribution in [0.3, 0.4) is 0 Å². The van der Waals surface area contributed by atoms with E-state index in [9.17, 15) is 14.0 Å². The number of fused-ring (bicyclic) bond motifs is 1. The number of carbonyl (C=O) groups excluding carboxylic acids is 1. The van der Waals surface area contributed by atoms with E-state index in [0.717, 1.165) is 11.1 Å². The van der Waals surface area contributed by atoms with E-state index in [1.807, 2.05) is 12.1 Å². The summed E-state index contributed by atoms with van der Waals surface area (Å²) < 4.78 is 14.3. The molecule has 2 heterocycles. The predicted molar refractivity (Wildman–Crippen MR) is 101 cm³/mol. The second-order valence-corrected chi connectivity index (χ2v) is 6.54. The van der Waals surface area contributed by atoms with Gasteiger partial charge < -0.3 is 9.80 Å². The predicted octanol–water partition coefficient (Wildman–Crippen LogP) is 1.88. The van der Waals surface area contributed by atoms with Crippen LogP contribution in [0.5, 0.6) is 0 Å². The number of nitrogens with zero attached hydrogens (tertiary/aromatic N) is 4. The van der Waals surface area contributed by atoms with Crippen LogP contribution in [0.25, 0.3) is 10.8 Å². The van der Waals surface area contributed by atoms with Crippen LogP contribution in [0.2, 0.25) is 0 Å². The fourth-order valence-electron chi connectivity index (χ4n) is 3.33. The zero-order valence-corrected chi connectivity index (χ0v) is 14.7. The molecule has 1 fully saturated rings. The van der Waals surface area contributed by atoms with Crippen molar-refractivity contribution in [1.82, 2.24) is 14.7 Å². The normalized spacial score (nSPS) is 14.6. The fourth-order valence-corrected chi connectivity index (χ4v) is 3.33. The molecule has 1 amide bonds. The molecule has 0 spiro atoms. The highest BCUT2D eigenvalue weighted by Gasteiger charge is 2.22. The quantitative estimate of drug-likeness (QED) is 0.710. The minimum Gasteiger partial charge on any atom is -0.368 e. The van der Waals surface area contributed by atoms with Gasteiger partial charge in [-0.15, -0.1) is 0 Å². The van der Waals surface area contributed by atoms with Gasteiger partial charge in [-0.2, -0.15) is 5.10 Å². The number of piperazine rings is 1. The highest BCUT2D eigenvalue weighted by atomic mass is 19.1. The Morgan fingerprint density at radius 1 is 1.00 bits per heavy atom. The van der Waals surface area contributed by atoms with Crippen molar-refractivity contribution in [2.45, 2.75) is 6.54 Å². The smallest absolute Gasteiger partial charge is 0.275 e. The molecule has 1 saturated heterocycles. The Kier molecular flexibility index (Phi) is 4.58. The first kappa shape index (κ1) is 17.2. The second kappa shape index (κ2) is 7.19. The lowest BCUT2D eigenvalue weighted by Crippen LogP contribution is -2.50. The molecule has 3 aromatic rings. The number of hydrogen-bond acceptors (Lipinski definition) is 4. The van der Waals surface area contributed by atoms with Gasteiger partial charge >= 0.3 is 0 Å². The summed E-state index contributed by atoms with van der Waals surface area (Å²) in [6.45, 7) is 2.37. The summed E-state index contributed by atoms with van der Waals surface area (Å²) in [5.41, 5.74) is 0.683. The largest absolute Gasteiger partial charge is 0.368 e. The van der Waals surface area contributed by atoms with Crippen molar-refractivity contribution in [3.05, 3.63) is 70.9 Å². The third-order valence-electron chi connectivity index (χ3n) is 4.87. The van der Waals surface area contributed by atoms with Gasteiger partial charge in [0.05, 0.1) is 11.6 Å². The number of rotatable bonds is 3. The number of carbonyl (C=O) groups is 1. The average molecular weight is 366 g/mol. The van der Waals surface area contributed by atoms with Gasteiger partial charge in [0.25, 0.3) is 5.56 Å². The lowest BCUT2D eigenvalue weighted by molar-refractivity contribution is -0.132. The Morgan fingerprint density at radius 2 is 1.70 bits per heavy atom. The van der Waals surface area contributed by atoms with E-state index < -0.39 is 0 Å². The fraction of sp³-hybridized carbons (Fsp3) is 0.250. The molecule has 1 aliphatic rings. The highest BCUT2D eigenvalue weighted by Crippen LogP contribution is 2.17. The summed E-state index contributed by atoms with van der Waals surface area (Å²) in [6.07, 6.45) is 1.61. The Morgan fingerprint density at radius 3 is 2.44 bits per heavy atom. The first-order valence-corrected chi connectivity index (χ1v) is 8.85. The van der Waals surface area contributed by atoms with Crippen molar-refractivity contribution in [3.63, 3.8) is 0 Å². The summed E-state index contributed by atoms with van der Waals surface area (Å²) in [7, 11) is 0. The molecule has 1 aromatic heterocycles. The van der Waals surface area contributed by atoms with Crippen molar-refractivity contribution >= 4 is 22.4 Å². The standard InChI is InChI=1S/C20H19FN4O2/c21-16-5-7-17(8-6-16)23-9-11-24(12-10-23)19(26)14-25-20(27)18-4-2-1-3-15(18)13-22-25/h1-8,13H,9-12,14H2. The molecule has 7 heteroatoms.